The van der Waals surface area contributed by atoms with Crippen molar-refractivity contribution >= 4 is 11.9 Å². The van der Waals surface area contributed by atoms with Crippen molar-refractivity contribution < 1.29 is 19.4 Å². The minimum Gasteiger partial charge on any atom is -0.465 e. The fourth-order valence-electron chi connectivity index (χ4n) is 2.85. The summed E-state index contributed by atoms with van der Waals surface area (Å²) in [6.45, 7) is 2.39. The van der Waals surface area contributed by atoms with Gasteiger partial charge < -0.3 is 20.1 Å². The molecule has 1 aromatic rings. The third-order valence-electron chi connectivity index (χ3n) is 3.93. The molecule has 0 radical (unpaired) electrons. The molecule has 0 aliphatic carbocycles. The van der Waals surface area contributed by atoms with Crippen molar-refractivity contribution in [3.63, 3.8) is 0 Å². The van der Waals surface area contributed by atoms with Crippen LogP contribution in [-0.2, 0) is 20.1 Å². The van der Waals surface area contributed by atoms with Gasteiger partial charge in [-0.3, -0.25) is 9.59 Å². The minimum atomic E-state index is -1.53. The van der Waals surface area contributed by atoms with Crippen molar-refractivity contribution in [1.82, 2.24) is 10.2 Å². The molecule has 1 atom stereocenters. The molecule has 0 bridgehead atoms. The van der Waals surface area contributed by atoms with Crippen LogP contribution in [0.15, 0.2) is 53.8 Å². The summed E-state index contributed by atoms with van der Waals surface area (Å²) < 4.78 is 4.91. The van der Waals surface area contributed by atoms with Crippen molar-refractivity contribution in [2.24, 2.45) is 0 Å². The predicted molar refractivity (Wildman–Crippen MR) is 82.9 cm³/mol. The molecule has 2 N–H and O–H groups in total. The van der Waals surface area contributed by atoms with E-state index < -0.39 is 5.72 Å². The van der Waals surface area contributed by atoms with Crippen LogP contribution in [0.5, 0.6) is 0 Å². The SMILES string of the molecule is CCOC(=O)CN1C=CC2=C(C1)C(=O)NC2(O)c1ccccc1. The molecular weight excluding hydrogens is 296 g/mol. The Morgan fingerprint density at radius 1 is 1.39 bits per heavy atom. The van der Waals surface area contributed by atoms with Gasteiger partial charge >= 0.3 is 5.97 Å². The van der Waals surface area contributed by atoms with Crippen molar-refractivity contribution in [3.05, 3.63) is 59.3 Å². The smallest absolute Gasteiger partial charge is 0.325 e. The number of carbonyl (C=O) groups excluding carboxylic acids is 2. The van der Waals surface area contributed by atoms with Gasteiger partial charge in [-0.1, -0.05) is 30.3 Å². The Balaban J connectivity index is 1.84. The van der Waals surface area contributed by atoms with Crippen LogP contribution in [0, 0.1) is 0 Å². The number of nitrogens with one attached hydrogen (secondary N) is 1. The predicted octanol–water partition coefficient (Wildman–Crippen LogP) is 0.650. The molecule has 0 saturated carbocycles. The van der Waals surface area contributed by atoms with E-state index in [0.29, 0.717) is 23.3 Å². The second-order valence-corrected chi connectivity index (χ2v) is 5.45. The van der Waals surface area contributed by atoms with Gasteiger partial charge in [-0.2, -0.15) is 0 Å². The minimum absolute atomic E-state index is 0.0676. The highest BCUT2D eigenvalue weighted by atomic mass is 16.5. The van der Waals surface area contributed by atoms with Crippen molar-refractivity contribution in [3.8, 4) is 0 Å². The van der Waals surface area contributed by atoms with E-state index in [-0.39, 0.29) is 25.0 Å². The van der Waals surface area contributed by atoms with Crippen molar-refractivity contribution in [2.75, 3.05) is 19.7 Å². The Morgan fingerprint density at radius 3 is 2.83 bits per heavy atom. The third kappa shape index (κ3) is 2.73. The highest BCUT2D eigenvalue weighted by molar-refractivity contribution is 6.00. The molecular formula is C17H18N2O4. The number of carbonyl (C=O) groups is 2. The molecule has 120 valence electrons. The number of aliphatic hydroxyl groups is 1. The van der Waals surface area contributed by atoms with E-state index in [2.05, 4.69) is 5.32 Å². The van der Waals surface area contributed by atoms with E-state index in [9.17, 15) is 14.7 Å². The zero-order valence-corrected chi connectivity index (χ0v) is 12.8. The first-order chi connectivity index (χ1) is 11.0. The Bertz CT molecular complexity index is 696. The Kier molecular flexibility index (Phi) is 3.92. The summed E-state index contributed by atoms with van der Waals surface area (Å²) in [5.74, 6) is -0.678. The largest absolute Gasteiger partial charge is 0.465 e. The van der Waals surface area contributed by atoms with Gasteiger partial charge in [0.15, 0.2) is 5.72 Å². The lowest BCUT2D eigenvalue weighted by molar-refractivity contribution is -0.143. The first-order valence-corrected chi connectivity index (χ1v) is 7.46. The van der Waals surface area contributed by atoms with Gasteiger partial charge in [0.25, 0.3) is 5.91 Å². The van der Waals surface area contributed by atoms with Crippen LogP contribution in [0.4, 0.5) is 0 Å². The van der Waals surface area contributed by atoms with Crippen LogP contribution in [0.1, 0.15) is 12.5 Å². The van der Waals surface area contributed by atoms with E-state index in [4.69, 9.17) is 4.74 Å². The van der Waals surface area contributed by atoms with Gasteiger partial charge in [-0.05, 0) is 13.0 Å². The summed E-state index contributed by atoms with van der Waals surface area (Å²) in [7, 11) is 0. The first-order valence-electron chi connectivity index (χ1n) is 7.46. The van der Waals surface area contributed by atoms with Crippen LogP contribution in [0.3, 0.4) is 0 Å². The van der Waals surface area contributed by atoms with E-state index in [1.54, 1.807) is 48.4 Å². The number of amides is 1. The second-order valence-electron chi connectivity index (χ2n) is 5.45. The van der Waals surface area contributed by atoms with Gasteiger partial charge in [-0.25, -0.2) is 0 Å². The lowest BCUT2D eigenvalue weighted by Gasteiger charge is -2.28. The zero-order chi connectivity index (χ0) is 16.4. The molecule has 6 nitrogen and oxygen atoms in total. The van der Waals surface area contributed by atoms with Crippen LogP contribution in [0.2, 0.25) is 0 Å². The van der Waals surface area contributed by atoms with Crippen LogP contribution < -0.4 is 5.32 Å². The Hall–Kier alpha value is -2.60. The number of nitrogens with zero attached hydrogens (tertiary/aromatic N) is 1. The highest BCUT2D eigenvalue weighted by Gasteiger charge is 2.45. The van der Waals surface area contributed by atoms with Crippen molar-refractivity contribution in [2.45, 2.75) is 12.6 Å². The van der Waals surface area contributed by atoms with E-state index in [0.717, 1.165) is 0 Å². The lowest BCUT2D eigenvalue weighted by atomic mass is 9.92. The number of esters is 1. The number of ether oxygens (including phenoxy) is 1. The average Bonchev–Trinajstić information content (AvgIpc) is 2.80. The summed E-state index contributed by atoms with van der Waals surface area (Å²) in [6, 6.07) is 8.97. The zero-order valence-electron chi connectivity index (χ0n) is 12.8. The molecule has 23 heavy (non-hydrogen) atoms. The fraction of sp³-hybridized carbons (Fsp3) is 0.294. The number of rotatable bonds is 4. The summed E-state index contributed by atoms with van der Waals surface area (Å²) in [5, 5.41) is 13.6. The highest BCUT2D eigenvalue weighted by Crippen LogP contribution is 2.37. The summed E-state index contributed by atoms with van der Waals surface area (Å²) in [5.41, 5.74) is 0.0546. The topological polar surface area (TPSA) is 78.9 Å². The van der Waals surface area contributed by atoms with Crippen LogP contribution >= 0.6 is 0 Å². The molecule has 2 aliphatic rings. The monoisotopic (exact) mass is 314 g/mol. The third-order valence-corrected chi connectivity index (χ3v) is 3.93. The Morgan fingerprint density at radius 2 is 2.13 bits per heavy atom. The van der Waals surface area contributed by atoms with Gasteiger partial charge in [0.05, 0.1) is 6.61 Å². The molecule has 0 spiro atoms. The van der Waals surface area contributed by atoms with Gasteiger partial charge in [0.2, 0.25) is 0 Å². The molecule has 0 saturated heterocycles. The van der Waals surface area contributed by atoms with E-state index in [1.165, 1.54) is 0 Å². The van der Waals surface area contributed by atoms with Crippen LogP contribution in [0.25, 0.3) is 0 Å². The fourth-order valence-corrected chi connectivity index (χ4v) is 2.85. The quantitative estimate of drug-likeness (QED) is 0.798. The molecule has 3 rings (SSSR count). The first kappa shape index (κ1) is 15.3. The molecule has 0 fully saturated rings. The molecule has 1 aromatic carbocycles. The second kappa shape index (κ2) is 5.89. The molecule has 2 heterocycles. The number of hydrogen-bond acceptors (Lipinski definition) is 5. The number of benzene rings is 1. The number of hydrogen-bond donors (Lipinski definition) is 2. The van der Waals surface area contributed by atoms with Gasteiger partial charge in [-0.15, -0.1) is 0 Å². The lowest BCUT2D eigenvalue weighted by Crippen LogP contribution is -2.41. The molecule has 6 heteroatoms. The standard InChI is InChI=1S/C17H18N2O4/c1-2-23-15(20)11-19-9-8-14-13(10-19)16(21)18-17(14,22)12-6-4-3-5-7-12/h3-9,22H,2,10-11H2,1H3,(H,18,21). The maximum Gasteiger partial charge on any atom is 0.325 e. The van der Waals surface area contributed by atoms with Crippen LogP contribution in [-0.4, -0.2) is 41.6 Å². The van der Waals surface area contributed by atoms with Gasteiger partial charge in [0.1, 0.15) is 6.54 Å². The maximum absolute atomic E-state index is 12.2. The molecule has 0 aromatic heterocycles. The van der Waals surface area contributed by atoms with E-state index >= 15 is 0 Å². The van der Waals surface area contributed by atoms with E-state index in [1.807, 2.05) is 6.07 Å². The summed E-state index contributed by atoms with van der Waals surface area (Å²) in [6.07, 6.45) is 3.37. The maximum atomic E-state index is 12.2. The normalized spacial score (nSPS) is 22.9. The Labute approximate surface area is 134 Å². The molecule has 1 amide bonds. The average molecular weight is 314 g/mol. The molecule has 2 aliphatic heterocycles. The molecule has 1 unspecified atom stereocenters. The van der Waals surface area contributed by atoms with Gasteiger partial charge in [0, 0.05) is 29.5 Å². The van der Waals surface area contributed by atoms with Crippen molar-refractivity contribution in [1.29, 1.82) is 0 Å². The summed E-state index contributed by atoms with van der Waals surface area (Å²) in [4.78, 5) is 25.5. The summed E-state index contributed by atoms with van der Waals surface area (Å²) >= 11 is 0.